The van der Waals surface area contributed by atoms with Gasteiger partial charge in [0.25, 0.3) is 0 Å². The number of esters is 1. The lowest BCUT2D eigenvalue weighted by atomic mass is 9.82. The number of hydrogen-bond donors (Lipinski definition) is 1. The highest BCUT2D eigenvalue weighted by Crippen LogP contribution is 2.35. The van der Waals surface area contributed by atoms with Gasteiger partial charge in [0.2, 0.25) is 0 Å². The van der Waals surface area contributed by atoms with Gasteiger partial charge in [0.05, 0.1) is 5.60 Å². The zero-order valence-corrected chi connectivity index (χ0v) is 17.7. The summed E-state index contributed by atoms with van der Waals surface area (Å²) in [4.78, 5) is 25.8. The van der Waals surface area contributed by atoms with Crippen LogP contribution in [0, 0.1) is 5.92 Å². The Kier molecular flexibility index (Phi) is 7.10. The van der Waals surface area contributed by atoms with E-state index >= 15 is 0 Å². The van der Waals surface area contributed by atoms with Gasteiger partial charge in [-0.2, -0.15) is 0 Å². The fourth-order valence-corrected chi connectivity index (χ4v) is 3.31. The van der Waals surface area contributed by atoms with Crippen molar-refractivity contribution in [1.29, 1.82) is 0 Å². The molecule has 0 bridgehead atoms. The van der Waals surface area contributed by atoms with Gasteiger partial charge < -0.3 is 19.5 Å². The SMILES string of the molecule is CC(C)CC(=O)OCc1ccccc1C1(O)CCN(C(=O)OC(C)(C)C)CC1. The zero-order chi connectivity index (χ0) is 20.9. The summed E-state index contributed by atoms with van der Waals surface area (Å²) in [6.45, 7) is 10.4. The summed E-state index contributed by atoms with van der Waals surface area (Å²) in [6, 6.07) is 7.48. The van der Waals surface area contributed by atoms with Gasteiger partial charge in [-0.3, -0.25) is 4.79 Å². The minimum absolute atomic E-state index is 0.139. The third-order valence-corrected chi connectivity index (χ3v) is 4.72. The minimum atomic E-state index is -1.06. The second-order valence-electron chi connectivity index (χ2n) is 8.91. The summed E-state index contributed by atoms with van der Waals surface area (Å²) in [5, 5.41) is 11.2. The fourth-order valence-electron chi connectivity index (χ4n) is 3.31. The van der Waals surface area contributed by atoms with Crippen LogP contribution < -0.4 is 0 Å². The largest absolute Gasteiger partial charge is 0.461 e. The van der Waals surface area contributed by atoms with E-state index in [0.717, 1.165) is 11.1 Å². The summed E-state index contributed by atoms with van der Waals surface area (Å²) in [5.41, 5.74) is -0.0411. The number of aliphatic hydroxyl groups is 1. The monoisotopic (exact) mass is 391 g/mol. The fraction of sp³-hybridized carbons (Fsp3) is 0.636. The number of nitrogens with zero attached hydrogens (tertiary/aromatic N) is 1. The first kappa shape index (κ1) is 22.2. The molecule has 0 atom stereocenters. The molecule has 1 aliphatic rings. The summed E-state index contributed by atoms with van der Waals surface area (Å²) < 4.78 is 10.8. The molecule has 6 nitrogen and oxygen atoms in total. The number of piperidine rings is 1. The molecule has 0 saturated carbocycles. The quantitative estimate of drug-likeness (QED) is 0.768. The first-order valence-electron chi connectivity index (χ1n) is 9.94. The molecule has 28 heavy (non-hydrogen) atoms. The average Bonchev–Trinajstić information content (AvgIpc) is 2.58. The summed E-state index contributed by atoms with van der Waals surface area (Å²) >= 11 is 0. The summed E-state index contributed by atoms with van der Waals surface area (Å²) in [7, 11) is 0. The van der Waals surface area contributed by atoms with Gasteiger partial charge in [-0.1, -0.05) is 38.1 Å². The Morgan fingerprint density at radius 1 is 1.18 bits per heavy atom. The van der Waals surface area contributed by atoms with E-state index in [4.69, 9.17) is 9.47 Å². The van der Waals surface area contributed by atoms with Crippen LogP contribution in [0.3, 0.4) is 0 Å². The number of carbonyl (C=O) groups is 2. The molecule has 0 aliphatic carbocycles. The third kappa shape index (κ3) is 6.23. The van der Waals surface area contributed by atoms with Crippen molar-refractivity contribution < 1.29 is 24.2 Å². The van der Waals surface area contributed by atoms with Crippen molar-refractivity contribution in [2.24, 2.45) is 5.92 Å². The van der Waals surface area contributed by atoms with Crippen LogP contribution in [0.25, 0.3) is 0 Å². The van der Waals surface area contributed by atoms with Crippen molar-refractivity contribution in [3.63, 3.8) is 0 Å². The number of likely N-dealkylation sites (tertiary alicyclic amines) is 1. The standard InChI is InChI=1S/C22H33NO5/c1-16(2)14-19(24)27-15-17-8-6-7-9-18(17)22(26)10-12-23(13-11-22)20(25)28-21(3,4)5/h6-9,16,26H,10-15H2,1-5H3. The summed E-state index contributed by atoms with van der Waals surface area (Å²) in [6.07, 6.45) is 0.828. The number of benzene rings is 1. The van der Waals surface area contributed by atoms with Crippen LogP contribution in [0.5, 0.6) is 0 Å². The normalized spacial score (nSPS) is 16.8. The van der Waals surface area contributed by atoms with Crippen molar-refractivity contribution in [1.82, 2.24) is 4.90 Å². The molecule has 156 valence electrons. The highest BCUT2D eigenvalue weighted by molar-refractivity contribution is 5.69. The smallest absolute Gasteiger partial charge is 0.410 e. The summed E-state index contributed by atoms with van der Waals surface area (Å²) in [5.74, 6) is 0.000599. The Morgan fingerprint density at radius 2 is 1.79 bits per heavy atom. The molecule has 0 radical (unpaired) electrons. The maximum absolute atomic E-state index is 12.3. The van der Waals surface area contributed by atoms with E-state index in [9.17, 15) is 14.7 Å². The van der Waals surface area contributed by atoms with Gasteiger partial charge in [-0.05, 0) is 50.7 Å². The van der Waals surface area contributed by atoms with E-state index in [1.165, 1.54) is 0 Å². The van der Waals surface area contributed by atoms with Crippen molar-refractivity contribution >= 4 is 12.1 Å². The maximum atomic E-state index is 12.3. The Morgan fingerprint density at radius 3 is 2.36 bits per heavy atom. The van der Waals surface area contributed by atoms with Gasteiger partial charge in [0.1, 0.15) is 12.2 Å². The molecule has 1 N–H and O–H groups in total. The molecule has 2 rings (SSSR count). The molecular weight excluding hydrogens is 358 g/mol. The lowest BCUT2D eigenvalue weighted by molar-refractivity contribution is -0.146. The second kappa shape index (κ2) is 8.95. The Hall–Kier alpha value is -2.08. The van der Waals surface area contributed by atoms with Gasteiger partial charge in [-0.15, -0.1) is 0 Å². The first-order chi connectivity index (χ1) is 13.0. The highest BCUT2D eigenvalue weighted by atomic mass is 16.6. The Labute approximate surface area is 167 Å². The number of amides is 1. The highest BCUT2D eigenvalue weighted by Gasteiger charge is 2.38. The van der Waals surface area contributed by atoms with Gasteiger partial charge in [0.15, 0.2) is 0 Å². The minimum Gasteiger partial charge on any atom is -0.461 e. The molecule has 1 heterocycles. The van der Waals surface area contributed by atoms with Crippen LogP contribution in [-0.2, 0) is 26.5 Å². The van der Waals surface area contributed by atoms with E-state index in [2.05, 4.69) is 0 Å². The van der Waals surface area contributed by atoms with Gasteiger partial charge >= 0.3 is 12.1 Å². The van der Waals surface area contributed by atoms with Crippen LogP contribution >= 0.6 is 0 Å². The van der Waals surface area contributed by atoms with Crippen LogP contribution in [0.15, 0.2) is 24.3 Å². The second-order valence-corrected chi connectivity index (χ2v) is 8.91. The third-order valence-electron chi connectivity index (χ3n) is 4.72. The molecule has 0 spiro atoms. The number of ether oxygens (including phenoxy) is 2. The van der Waals surface area contributed by atoms with Crippen LogP contribution in [0.1, 0.15) is 65.0 Å². The molecule has 1 fully saturated rings. The molecule has 1 aliphatic heterocycles. The molecule has 0 unspecified atom stereocenters. The van der Waals surface area contributed by atoms with Crippen molar-refractivity contribution in [3.8, 4) is 0 Å². The first-order valence-corrected chi connectivity index (χ1v) is 9.94. The lowest BCUT2D eigenvalue weighted by Gasteiger charge is -2.39. The van der Waals surface area contributed by atoms with Crippen LogP contribution in [0.2, 0.25) is 0 Å². The topological polar surface area (TPSA) is 76.1 Å². The molecule has 1 saturated heterocycles. The van der Waals surface area contributed by atoms with Gasteiger partial charge in [-0.25, -0.2) is 4.79 Å². The molecule has 1 amide bonds. The van der Waals surface area contributed by atoms with E-state index in [0.29, 0.717) is 32.4 Å². The Balaban J connectivity index is 2.03. The van der Waals surface area contributed by atoms with Crippen molar-refractivity contribution in [3.05, 3.63) is 35.4 Å². The van der Waals surface area contributed by atoms with E-state index in [1.54, 1.807) is 4.90 Å². The van der Waals surface area contributed by atoms with Crippen LogP contribution in [-0.4, -0.2) is 40.8 Å². The van der Waals surface area contributed by atoms with E-state index in [1.807, 2.05) is 58.9 Å². The number of hydrogen-bond acceptors (Lipinski definition) is 5. The van der Waals surface area contributed by atoms with Gasteiger partial charge in [0, 0.05) is 19.5 Å². The van der Waals surface area contributed by atoms with Crippen molar-refractivity contribution in [2.75, 3.05) is 13.1 Å². The Bertz CT molecular complexity index is 684. The molecule has 6 heteroatoms. The molecular formula is C22H33NO5. The number of rotatable bonds is 5. The van der Waals surface area contributed by atoms with Crippen LogP contribution in [0.4, 0.5) is 4.79 Å². The average molecular weight is 392 g/mol. The maximum Gasteiger partial charge on any atom is 0.410 e. The van der Waals surface area contributed by atoms with Crippen molar-refractivity contribution in [2.45, 2.75) is 71.7 Å². The molecule has 1 aromatic carbocycles. The van der Waals surface area contributed by atoms with E-state index < -0.39 is 11.2 Å². The van der Waals surface area contributed by atoms with E-state index in [-0.39, 0.29) is 24.6 Å². The molecule has 0 aromatic heterocycles. The number of carbonyl (C=O) groups excluding carboxylic acids is 2. The predicted octanol–water partition coefficient (Wildman–Crippen LogP) is 3.99. The molecule has 1 aromatic rings. The predicted molar refractivity (Wildman–Crippen MR) is 107 cm³/mol. The lowest BCUT2D eigenvalue weighted by Crippen LogP contribution is -2.47. The zero-order valence-electron chi connectivity index (χ0n) is 17.7.